The highest BCUT2D eigenvalue weighted by Gasteiger charge is 2.35. The Morgan fingerprint density at radius 3 is 2.53 bits per heavy atom. The molecule has 0 saturated carbocycles. The highest BCUT2D eigenvalue weighted by molar-refractivity contribution is 9.10. The normalized spacial score (nSPS) is 14.0. The molecule has 8 nitrogen and oxygen atoms in total. The molecule has 0 atom stereocenters. The van der Waals surface area contributed by atoms with Crippen LogP contribution in [0, 0.1) is 12.7 Å². The number of nitrogens with one attached hydrogen (secondary N) is 2. The third kappa shape index (κ3) is 6.57. The van der Waals surface area contributed by atoms with Crippen LogP contribution in [0.2, 0.25) is 0 Å². The lowest BCUT2D eigenvalue weighted by Crippen LogP contribution is -2.38. The quantitative estimate of drug-likeness (QED) is 0.260. The number of urea groups is 1. The van der Waals surface area contributed by atoms with E-state index in [9.17, 15) is 18.8 Å². The molecule has 38 heavy (non-hydrogen) atoms. The smallest absolute Gasteiger partial charge is 0.329 e. The van der Waals surface area contributed by atoms with E-state index in [1.807, 2.05) is 19.9 Å². The Morgan fingerprint density at radius 2 is 1.82 bits per heavy atom. The maximum absolute atomic E-state index is 13.2. The molecule has 0 unspecified atom stereocenters. The zero-order valence-corrected chi connectivity index (χ0v) is 22.3. The van der Waals surface area contributed by atoms with Crippen molar-refractivity contribution in [2.24, 2.45) is 0 Å². The van der Waals surface area contributed by atoms with Crippen LogP contribution in [0.15, 0.2) is 70.8 Å². The maximum Gasteiger partial charge on any atom is 0.329 e. The third-order valence-corrected chi connectivity index (χ3v) is 6.22. The highest BCUT2D eigenvalue weighted by Crippen LogP contribution is 2.35. The number of imide groups is 1. The Labute approximate surface area is 227 Å². The minimum Gasteiger partial charge on any atom is -0.490 e. The largest absolute Gasteiger partial charge is 0.490 e. The summed E-state index contributed by atoms with van der Waals surface area (Å²) in [5, 5.41) is 5.21. The predicted molar refractivity (Wildman–Crippen MR) is 144 cm³/mol. The minimum absolute atomic E-state index is 0.0153. The van der Waals surface area contributed by atoms with Gasteiger partial charge in [-0.2, -0.15) is 0 Å². The summed E-state index contributed by atoms with van der Waals surface area (Å²) in [4.78, 5) is 38.7. The number of benzene rings is 3. The van der Waals surface area contributed by atoms with Gasteiger partial charge in [0.1, 0.15) is 24.7 Å². The zero-order chi connectivity index (χ0) is 27.2. The number of hydrogen-bond donors (Lipinski definition) is 2. The number of halogens is 2. The molecule has 0 bridgehead atoms. The molecular weight excluding hydrogens is 557 g/mol. The first-order chi connectivity index (χ1) is 18.2. The number of hydrogen-bond acceptors (Lipinski definition) is 5. The fraction of sp³-hybridized carbons (Fsp3) is 0.179. The second-order valence-electron chi connectivity index (χ2n) is 8.47. The van der Waals surface area contributed by atoms with Crippen LogP contribution in [0.25, 0.3) is 6.08 Å². The number of aryl methyl sites for hydroxylation is 1. The maximum atomic E-state index is 13.2. The van der Waals surface area contributed by atoms with Crippen LogP contribution in [0.5, 0.6) is 11.5 Å². The van der Waals surface area contributed by atoms with E-state index in [2.05, 4.69) is 26.6 Å². The molecule has 1 aliphatic heterocycles. The van der Waals surface area contributed by atoms with Crippen molar-refractivity contribution in [1.82, 2.24) is 10.2 Å². The monoisotopic (exact) mass is 581 g/mol. The van der Waals surface area contributed by atoms with Gasteiger partial charge < -0.3 is 20.1 Å². The number of amides is 4. The highest BCUT2D eigenvalue weighted by atomic mass is 79.9. The average molecular weight is 582 g/mol. The van der Waals surface area contributed by atoms with Crippen LogP contribution in [0.1, 0.15) is 23.6 Å². The van der Waals surface area contributed by atoms with Crippen LogP contribution in [0.4, 0.5) is 14.9 Å². The lowest BCUT2D eigenvalue weighted by molar-refractivity contribution is -0.127. The molecule has 4 rings (SSSR count). The molecule has 196 valence electrons. The van der Waals surface area contributed by atoms with E-state index in [-0.39, 0.29) is 18.1 Å². The summed E-state index contributed by atoms with van der Waals surface area (Å²) in [5.74, 6) is -0.584. The molecule has 4 amide bonds. The second-order valence-corrected chi connectivity index (χ2v) is 9.32. The van der Waals surface area contributed by atoms with Crippen LogP contribution < -0.4 is 20.1 Å². The van der Waals surface area contributed by atoms with E-state index in [0.717, 1.165) is 16.0 Å². The standard InChI is InChI=1S/C28H25BrFN3O5/c1-3-37-24-13-19(22(29)14-25(24)38-16-18-7-9-20(30)10-8-18)12-23-27(35)33(28(36)32-23)15-26(34)31-21-6-4-5-17(2)11-21/h4-14H,3,15-16H2,1-2H3,(H,31,34)(H,32,36)/b23-12+. The lowest BCUT2D eigenvalue weighted by atomic mass is 10.1. The van der Waals surface area contributed by atoms with Crippen molar-refractivity contribution in [3.63, 3.8) is 0 Å². The molecule has 1 fully saturated rings. The topological polar surface area (TPSA) is 97.0 Å². The fourth-order valence-electron chi connectivity index (χ4n) is 3.72. The SMILES string of the molecule is CCOc1cc(/C=C2/NC(=O)N(CC(=O)Nc3cccc(C)c3)C2=O)c(Br)cc1OCc1ccc(F)cc1. The number of carbonyl (C=O) groups excluding carboxylic acids is 3. The van der Waals surface area contributed by atoms with E-state index in [0.29, 0.717) is 33.8 Å². The summed E-state index contributed by atoms with van der Waals surface area (Å²) in [5.41, 5.74) is 2.89. The summed E-state index contributed by atoms with van der Waals surface area (Å²) in [6.07, 6.45) is 1.50. The minimum atomic E-state index is -0.693. The van der Waals surface area contributed by atoms with Gasteiger partial charge in [0.15, 0.2) is 11.5 Å². The van der Waals surface area contributed by atoms with Gasteiger partial charge in [-0.25, -0.2) is 14.1 Å². The van der Waals surface area contributed by atoms with Gasteiger partial charge in [-0.1, -0.05) is 40.2 Å². The van der Waals surface area contributed by atoms with Gasteiger partial charge in [0.2, 0.25) is 5.91 Å². The molecule has 0 aliphatic carbocycles. The van der Waals surface area contributed by atoms with Crippen LogP contribution in [-0.4, -0.2) is 35.9 Å². The first kappa shape index (κ1) is 26.9. The number of rotatable bonds is 9. The summed E-state index contributed by atoms with van der Waals surface area (Å²) in [6, 6.07) is 15.8. The molecule has 1 heterocycles. The van der Waals surface area contributed by atoms with Crippen molar-refractivity contribution in [2.45, 2.75) is 20.5 Å². The molecule has 0 radical (unpaired) electrons. The molecule has 3 aromatic carbocycles. The average Bonchev–Trinajstić information content (AvgIpc) is 3.13. The van der Waals surface area contributed by atoms with E-state index in [4.69, 9.17) is 9.47 Å². The Kier molecular flexibility index (Phi) is 8.42. The predicted octanol–water partition coefficient (Wildman–Crippen LogP) is 5.41. The van der Waals surface area contributed by atoms with Gasteiger partial charge in [0.05, 0.1) is 6.61 Å². The van der Waals surface area contributed by atoms with Crippen LogP contribution in [0.3, 0.4) is 0 Å². The molecule has 1 saturated heterocycles. The summed E-state index contributed by atoms with van der Waals surface area (Å²) in [6.45, 7) is 3.84. The van der Waals surface area contributed by atoms with Crippen molar-refractivity contribution >= 4 is 45.5 Å². The first-order valence-corrected chi connectivity index (χ1v) is 12.6. The molecule has 0 aromatic heterocycles. The fourth-order valence-corrected chi connectivity index (χ4v) is 4.16. The van der Waals surface area contributed by atoms with E-state index >= 15 is 0 Å². The van der Waals surface area contributed by atoms with Crippen LogP contribution in [-0.2, 0) is 16.2 Å². The summed E-state index contributed by atoms with van der Waals surface area (Å²) < 4.78 is 25.4. The third-order valence-electron chi connectivity index (χ3n) is 5.54. The van der Waals surface area contributed by atoms with Gasteiger partial charge in [-0.3, -0.25) is 9.59 Å². The van der Waals surface area contributed by atoms with Gasteiger partial charge >= 0.3 is 6.03 Å². The Bertz CT molecular complexity index is 1410. The molecule has 3 aromatic rings. The number of anilines is 1. The Morgan fingerprint density at radius 1 is 1.08 bits per heavy atom. The van der Waals surface area contributed by atoms with Crippen molar-refractivity contribution in [1.29, 1.82) is 0 Å². The van der Waals surface area contributed by atoms with Crippen molar-refractivity contribution in [2.75, 3.05) is 18.5 Å². The Balaban J connectivity index is 1.49. The van der Waals surface area contributed by atoms with E-state index in [1.165, 1.54) is 18.2 Å². The molecule has 10 heteroatoms. The molecule has 0 spiro atoms. The van der Waals surface area contributed by atoms with E-state index in [1.54, 1.807) is 42.5 Å². The number of ether oxygens (including phenoxy) is 2. The summed E-state index contributed by atoms with van der Waals surface area (Å²) in [7, 11) is 0. The van der Waals surface area contributed by atoms with E-state index < -0.39 is 24.4 Å². The van der Waals surface area contributed by atoms with Crippen molar-refractivity contribution in [3.8, 4) is 11.5 Å². The van der Waals surface area contributed by atoms with Gasteiger partial charge in [-0.05, 0) is 73.0 Å². The van der Waals surface area contributed by atoms with Crippen molar-refractivity contribution in [3.05, 3.63) is 93.3 Å². The molecule has 2 N–H and O–H groups in total. The van der Waals surface area contributed by atoms with Crippen LogP contribution >= 0.6 is 15.9 Å². The van der Waals surface area contributed by atoms with Gasteiger partial charge in [0.25, 0.3) is 5.91 Å². The van der Waals surface area contributed by atoms with Crippen molar-refractivity contribution < 1.29 is 28.2 Å². The first-order valence-electron chi connectivity index (χ1n) is 11.8. The second kappa shape index (κ2) is 11.9. The summed E-state index contributed by atoms with van der Waals surface area (Å²) >= 11 is 3.48. The number of carbonyl (C=O) groups is 3. The molecular formula is C28H25BrFN3O5. The van der Waals surface area contributed by atoms with Gasteiger partial charge in [0, 0.05) is 10.2 Å². The zero-order valence-electron chi connectivity index (χ0n) is 20.7. The lowest BCUT2D eigenvalue weighted by Gasteiger charge is -2.14. The number of nitrogens with zero attached hydrogens (tertiary/aromatic N) is 1. The molecule has 1 aliphatic rings. The van der Waals surface area contributed by atoms with Gasteiger partial charge in [-0.15, -0.1) is 0 Å². The Hall–Kier alpha value is -4.18.